The highest BCUT2D eigenvalue weighted by molar-refractivity contribution is 5.13. The van der Waals surface area contributed by atoms with Gasteiger partial charge in [0.05, 0.1) is 18.0 Å². The molecule has 2 rings (SSSR count). The maximum absolute atomic E-state index is 12.7. The van der Waals surface area contributed by atoms with E-state index in [1.54, 1.807) is 6.92 Å². The molecule has 0 radical (unpaired) electrons. The quantitative estimate of drug-likeness (QED) is 0.855. The Bertz CT molecular complexity index is 345. The van der Waals surface area contributed by atoms with Crippen molar-refractivity contribution in [3.63, 3.8) is 0 Å². The van der Waals surface area contributed by atoms with Crippen molar-refractivity contribution in [1.82, 2.24) is 4.98 Å². The van der Waals surface area contributed by atoms with Crippen LogP contribution in [0, 0.1) is 5.82 Å². The molecule has 0 aromatic carbocycles. The average Bonchev–Trinajstić information content (AvgIpc) is 2.70. The smallest absolute Gasteiger partial charge is 0.141 e. The summed E-state index contributed by atoms with van der Waals surface area (Å²) in [5.74, 6) is -0.392. The fraction of sp³-hybridized carbons (Fsp3) is 0.583. The van der Waals surface area contributed by atoms with Crippen LogP contribution in [0.4, 0.5) is 4.39 Å². The molecule has 1 N–H and O–H groups in total. The second-order valence-corrected chi connectivity index (χ2v) is 4.47. The first-order valence-corrected chi connectivity index (χ1v) is 5.54. The van der Waals surface area contributed by atoms with Gasteiger partial charge in [0.15, 0.2) is 0 Å². The number of rotatable bonds is 3. The summed E-state index contributed by atoms with van der Waals surface area (Å²) in [6, 6.07) is 2.83. The van der Waals surface area contributed by atoms with Gasteiger partial charge in [-0.3, -0.25) is 4.98 Å². The molecule has 88 valence electrons. The molecule has 2 unspecified atom stereocenters. The molecule has 1 aliphatic rings. The Kier molecular flexibility index (Phi) is 3.21. The zero-order chi connectivity index (χ0) is 11.6. The predicted octanol–water partition coefficient (Wildman–Crippen LogP) is 2.00. The van der Waals surface area contributed by atoms with E-state index >= 15 is 0 Å². The van der Waals surface area contributed by atoms with Gasteiger partial charge in [0.2, 0.25) is 0 Å². The third-order valence-corrected chi connectivity index (χ3v) is 2.93. The number of pyridine rings is 1. The number of hydrogen-bond donors (Lipinski definition) is 1. The van der Waals surface area contributed by atoms with Crippen molar-refractivity contribution in [2.45, 2.75) is 37.9 Å². The summed E-state index contributed by atoms with van der Waals surface area (Å²) in [5, 5.41) is 10.3. The fourth-order valence-electron chi connectivity index (χ4n) is 2.05. The normalized spacial score (nSPS) is 24.3. The van der Waals surface area contributed by atoms with E-state index in [4.69, 9.17) is 4.74 Å². The zero-order valence-corrected chi connectivity index (χ0v) is 9.32. The summed E-state index contributed by atoms with van der Waals surface area (Å²) in [7, 11) is 0. The topological polar surface area (TPSA) is 42.4 Å². The lowest BCUT2D eigenvalue weighted by atomic mass is 9.93. The molecule has 1 fully saturated rings. The standard InChI is InChI=1S/C12H16FNO2/c1-12(15,7-10-3-2-6-16-10)11-5-4-9(13)8-14-11/h4-5,8,10,15H,2-3,6-7H2,1H3. The predicted molar refractivity (Wildman–Crippen MR) is 57.4 cm³/mol. The first-order chi connectivity index (χ1) is 7.58. The second-order valence-electron chi connectivity index (χ2n) is 4.47. The molecule has 0 saturated carbocycles. The molecule has 1 aromatic heterocycles. The zero-order valence-electron chi connectivity index (χ0n) is 9.32. The summed E-state index contributed by atoms with van der Waals surface area (Å²) in [6.45, 7) is 2.45. The average molecular weight is 225 g/mol. The van der Waals surface area contributed by atoms with Gasteiger partial charge < -0.3 is 9.84 Å². The Morgan fingerprint density at radius 1 is 1.62 bits per heavy atom. The largest absolute Gasteiger partial charge is 0.384 e. The van der Waals surface area contributed by atoms with Gasteiger partial charge in [-0.1, -0.05) is 0 Å². The minimum absolute atomic E-state index is 0.0850. The third kappa shape index (κ3) is 2.57. The number of aliphatic hydroxyl groups is 1. The third-order valence-electron chi connectivity index (χ3n) is 2.93. The Hall–Kier alpha value is -1.00. The van der Waals surface area contributed by atoms with E-state index in [0.717, 1.165) is 25.6 Å². The highest BCUT2D eigenvalue weighted by Crippen LogP contribution is 2.29. The first kappa shape index (κ1) is 11.5. The highest BCUT2D eigenvalue weighted by atomic mass is 19.1. The van der Waals surface area contributed by atoms with E-state index in [0.29, 0.717) is 12.1 Å². The Morgan fingerprint density at radius 3 is 3.00 bits per heavy atom. The summed E-state index contributed by atoms with van der Waals surface area (Å²) in [6.07, 6.45) is 3.72. The van der Waals surface area contributed by atoms with E-state index < -0.39 is 11.4 Å². The molecule has 16 heavy (non-hydrogen) atoms. The molecule has 1 aromatic rings. The van der Waals surface area contributed by atoms with E-state index in [1.165, 1.54) is 12.1 Å². The van der Waals surface area contributed by atoms with Crippen molar-refractivity contribution in [3.8, 4) is 0 Å². The second kappa shape index (κ2) is 4.47. The van der Waals surface area contributed by atoms with Gasteiger partial charge in [-0.2, -0.15) is 0 Å². The molecule has 2 heterocycles. The van der Waals surface area contributed by atoms with E-state index in [2.05, 4.69) is 4.98 Å². The lowest BCUT2D eigenvalue weighted by molar-refractivity contribution is -0.0131. The van der Waals surface area contributed by atoms with Crippen LogP contribution in [-0.2, 0) is 10.3 Å². The minimum Gasteiger partial charge on any atom is -0.384 e. The SMILES string of the molecule is CC(O)(CC1CCCO1)c1ccc(F)cn1. The molecular weight excluding hydrogens is 209 g/mol. The number of aromatic nitrogens is 1. The lowest BCUT2D eigenvalue weighted by Crippen LogP contribution is -2.28. The van der Waals surface area contributed by atoms with Crippen LogP contribution in [0.2, 0.25) is 0 Å². The molecule has 0 spiro atoms. The monoisotopic (exact) mass is 225 g/mol. The van der Waals surface area contributed by atoms with E-state index in [9.17, 15) is 9.50 Å². The van der Waals surface area contributed by atoms with Crippen LogP contribution in [-0.4, -0.2) is 22.8 Å². The number of hydrogen-bond acceptors (Lipinski definition) is 3. The van der Waals surface area contributed by atoms with Gasteiger partial charge in [0, 0.05) is 13.0 Å². The Balaban J connectivity index is 2.07. The van der Waals surface area contributed by atoms with Crippen molar-refractivity contribution >= 4 is 0 Å². The Morgan fingerprint density at radius 2 is 2.44 bits per heavy atom. The number of halogens is 1. The molecule has 3 nitrogen and oxygen atoms in total. The molecule has 0 aliphatic carbocycles. The molecular formula is C12H16FNO2. The van der Waals surface area contributed by atoms with Crippen molar-refractivity contribution in [3.05, 3.63) is 29.8 Å². The molecule has 1 saturated heterocycles. The first-order valence-electron chi connectivity index (χ1n) is 5.54. The number of nitrogens with zero attached hydrogens (tertiary/aromatic N) is 1. The van der Waals surface area contributed by atoms with Crippen molar-refractivity contribution < 1.29 is 14.2 Å². The van der Waals surface area contributed by atoms with Crippen LogP contribution in [0.5, 0.6) is 0 Å². The van der Waals surface area contributed by atoms with Crippen molar-refractivity contribution in [1.29, 1.82) is 0 Å². The lowest BCUT2D eigenvalue weighted by Gasteiger charge is -2.25. The van der Waals surface area contributed by atoms with Crippen LogP contribution >= 0.6 is 0 Å². The fourth-order valence-corrected chi connectivity index (χ4v) is 2.05. The van der Waals surface area contributed by atoms with Crippen LogP contribution in [0.3, 0.4) is 0 Å². The van der Waals surface area contributed by atoms with Crippen LogP contribution in [0.25, 0.3) is 0 Å². The van der Waals surface area contributed by atoms with Gasteiger partial charge >= 0.3 is 0 Å². The van der Waals surface area contributed by atoms with Crippen LogP contribution < -0.4 is 0 Å². The molecule has 0 amide bonds. The van der Waals surface area contributed by atoms with E-state index in [-0.39, 0.29) is 6.10 Å². The highest BCUT2D eigenvalue weighted by Gasteiger charge is 2.30. The van der Waals surface area contributed by atoms with Crippen molar-refractivity contribution in [2.75, 3.05) is 6.61 Å². The summed E-state index contributed by atoms with van der Waals surface area (Å²) in [5.41, 5.74) is -0.563. The van der Waals surface area contributed by atoms with Gasteiger partial charge in [-0.25, -0.2) is 4.39 Å². The maximum atomic E-state index is 12.7. The number of ether oxygens (including phenoxy) is 1. The molecule has 0 bridgehead atoms. The Labute approximate surface area is 94.3 Å². The van der Waals surface area contributed by atoms with Gasteiger partial charge in [0.1, 0.15) is 11.4 Å². The summed E-state index contributed by atoms with van der Waals surface area (Å²) >= 11 is 0. The summed E-state index contributed by atoms with van der Waals surface area (Å²) < 4.78 is 18.2. The van der Waals surface area contributed by atoms with E-state index in [1.807, 2.05) is 0 Å². The molecule has 4 heteroatoms. The summed E-state index contributed by atoms with van der Waals surface area (Å²) in [4.78, 5) is 3.91. The van der Waals surface area contributed by atoms with Gasteiger partial charge in [-0.05, 0) is 31.9 Å². The van der Waals surface area contributed by atoms with Crippen LogP contribution in [0.1, 0.15) is 31.9 Å². The van der Waals surface area contributed by atoms with Gasteiger partial charge in [0.25, 0.3) is 0 Å². The van der Waals surface area contributed by atoms with Crippen molar-refractivity contribution in [2.24, 2.45) is 0 Å². The minimum atomic E-state index is -1.05. The maximum Gasteiger partial charge on any atom is 0.141 e. The van der Waals surface area contributed by atoms with Crippen LogP contribution in [0.15, 0.2) is 18.3 Å². The molecule has 1 aliphatic heterocycles. The van der Waals surface area contributed by atoms with Gasteiger partial charge in [-0.15, -0.1) is 0 Å². The molecule has 2 atom stereocenters.